The monoisotopic (exact) mass is 456 g/mol. The van der Waals surface area contributed by atoms with E-state index < -0.39 is 0 Å². The number of unbranched alkanes of at least 4 members (excludes halogenated alkanes) is 7. The van der Waals surface area contributed by atoms with E-state index in [1.807, 2.05) is 13.0 Å². The van der Waals surface area contributed by atoms with Crippen molar-refractivity contribution in [3.05, 3.63) is 32.4 Å². The maximum atomic E-state index is 12.1. The molecule has 0 unspecified atom stereocenters. The molecule has 2 rings (SSSR count). The van der Waals surface area contributed by atoms with Crippen molar-refractivity contribution in [1.29, 1.82) is 0 Å². The molecule has 0 bridgehead atoms. The van der Waals surface area contributed by atoms with E-state index >= 15 is 0 Å². The summed E-state index contributed by atoms with van der Waals surface area (Å²) in [6, 6.07) is 6.25. The summed E-state index contributed by atoms with van der Waals surface area (Å²) in [4.78, 5) is 15.3. The molecule has 0 aliphatic carbocycles. The average Bonchev–Trinajstić information content (AvgIpc) is 3.23. The fraction of sp³-hybridized carbons (Fsp3) is 0.571. The molecule has 0 aliphatic heterocycles. The minimum atomic E-state index is -0.198. The highest BCUT2D eigenvalue weighted by Gasteiger charge is 2.17. The molecule has 2 aromatic rings. The molecule has 26 heavy (non-hydrogen) atoms. The third-order valence-electron chi connectivity index (χ3n) is 4.38. The third kappa shape index (κ3) is 6.82. The molecule has 0 radical (unpaired) electrons. The summed E-state index contributed by atoms with van der Waals surface area (Å²) in [5.74, 6) is -0.198. The smallest absolute Gasteiger partial charge is 0.348 e. The van der Waals surface area contributed by atoms with Gasteiger partial charge in [-0.05, 0) is 59.5 Å². The second-order valence-electron chi connectivity index (χ2n) is 6.51. The number of thiophene rings is 2. The number of hydrogen-bond donors (Lipinski definition) is 0. The van der Waals surface area contributed by atoms with Gasteiger partial charge in [-0.1, -0.05) is 51.9 Å². The number of esters is 1. The normalized spacial score (nSPS) is 11.0. The summed E-state index contributed by atoms with van der Waals surface area (Å²) < 4.78 is 6.31. The lowest BCUT2D eigenvalue weighted by Gasteiger charge is -2.03. The maximum absolute atomic E-state index is 12.1. The van der Waals surface area contributed by atoms with Crippen LogP contribution in [0.4, 0.5) is 0 Å². The van der Waals surface area contributed by atoms with E-state index in [1.54, 1.807) is 22.7 Å². The number of rotatable bonds is 12. The summed E-state index contributed by atoms with van der Waals surface area (Å²) in [5, 5.41) is 0. The Morgan fingerprint density at radius 3 is 2.31 bits per heavy atom. The first-order valence-corrected chi connectivity index (χ1v) is 12.1. The van der Waals surface area contributed by atoms with Gasteiger partial charge in [0.1, 0.15) is 4.88 Å². The number of aryl methyl sites for hydroxylation is 1. The maximum Gasteiger partial charge on any atom is 0.348 e. The van der Waals surface area contributed by atoms with Gasteiger partial charge in [0.05, 0.1) is 10.4 Å². The molecule has 5 heteroatoms. The van der Waals surface area contributed by atoms with Crippen LogP contribution in [0.25, 0.3) is 9.75 Å². The Bertz CT molecular complexity index is 675. The molecule has 0 aliphatic rings. The number of carbonyl (C=O) groups excluding carboxylic acids is 1. The summed E-state index contributed by atoms with van der Waals surface area (Å²) >= 11 is 6.83. The molecule has 0 aromatic carbocycles. The fourth-order valence-corrected chi connectivity index (χ4v) is 5.65. The molecule has 0 amide bonds. The predicted octanol–water partition coefficient (Wildman–Crippen LogP) is 8.10. The van der Waals surface area contributed by atoms with Crippen molar-refractivity contribution < 1.29 is 9.53 Å². The van der Waals surface area contributed by atoms with E-state index in [9.17, 15) is 4.79 Å². The van der Waals surface area contributed by atoms with E-state index in [1.165, 1.54) is 66.7 Å². The molecule has 0 N–H and O–H groups in total. The molecule has 2 heterocycles. The van der Waals surface area contributed by atoms with Crippen molar-refractivity contribution in [3.8, 4) is 9.75 Å². The number of carbonyl (C=O) groups is 1. The Morgan fingerprint density at radius 1 is 1.00 bits per heavy atom. The van der Waals surface area contributed by atoms with Crippen LogP contribution in [0.3, 0.4) is 0 Å². The average molecular weight is 457 g/mol. The van der Waals surface area contributed by atoms with Crippen LogP contribution in [0.15, 0.2) is 22.0 Å². The van der Waals surface area contributed by atoms with Crippen molar-refractivity contribution in [3.63, 3.8) is 0 Å². The largest absolute Gasteiger partial charge is 0.462 e. The number of halogens is 1. The summed E-state index contributed by atoms with van der Waals surface area (Å²) in [6.07, 6.45) is 11.6. The van der Waals surface area contributed by atoms with Gasteiger partial charge in [0.2, 0.25) is 0 Å². The van der Waals surface area contributed by atoms with E-state index in [-0.39, 0.29) is 5.97 Å². The Hall–Kier alpha value is -0.650. The van der Waals surface area contributed by atoms with Crippen molar-refractivity contribution in [2.45, 2.75) is 71.6 Å². The Morgan fingerprint density at radius 2 is 1.69 bits per heavy atom. The molecular formula is C21H29BrO2S2. The first-order valence-electron chi connectivity index (χ1n) is 9.71. The van der Waals surface area contributed by atoms with Crippen LogP contribution in [0, 0.1) is 0 Å². The van der Waals surface area contributed by atoms with Gasteiger partial charge in [-0.15, -0.1) is 22.7 Å². The zero-order valence-electron chi connectivity index (χ0n) is 15.8. The first-order chi connectivity index (χ1) is 12.7. The quantitative estimate of drug-likeness (QED) is 0.238. The lowest BCUT2D eigenvalue weighted by atomic mass is 10.0. The highest BCUT2D eigenvalue weighted by molar-refractivity contribution is 9.11. The van der Waals surface area contributed by atoms with Gasteiger partial charge in [-0.2, -0.15) is 0 Å². The van der Waals surface area contributed by atoms with Gasteiger partial charge >= 0.3 is 5.97 Å². The van der Waals surface area contributed by atoms with Crippen LogP contribution in [-0.4, -0.2) is 12.6 Å². The highest BCUT2D eigenvalue weighted by Crippen LogP contribution is 2.39. The molecule has 0 atom stereocenters. The Balaban J connectivity index is 1.94. The van der Waals surface area contributed by atoms with Crippen LogP contribution in [0.5, 0.6) is 0 Å². The van der Waals surface area contributed by atoms with Crippen molar-refractivity contribution in [2.24, 2.45) is 0 Å². The topological polar surface area (TPSA) is 26.3 Å². The van der Waals surface area contributed by atoms with Crippen molar-refractivity contribution in [1.82, 2.24) is 0 Å². The van der Waals surface area contributed by atoms with Gasteiger partial charge in [-0.3, -0.25) is 0 Å². The van der Waals surface area contributed by atoms with Crippen LogP contribution < -0.4 is 0 Å². The lowest BCUT2D eigenvalue weighted by molar-refractivity contribution is 0.0532. The highest BCUT2D eigenvalue weighted by atomic mass is 79.9. The molecule has 144 valence electrons. The van der Waals surface area contributed by atoms with E-state index in [0.717, 1.165) is 15.1 Å². The molecule has 0 spiro atoms. The van der Waals surface area contributed by atoms with Gasteiger partial charge in [0.25, 0.3) is 0 Å². The van der Waals surface area contributed by atoms with Crippen molar-refractivity contribution in [2.75, 3.05) is 6.61 Å². The molecule has 0 saturated heterocycles. The predicted molar refractivity (Wildman–Crippen MR) is 118 cm³/mol. The SMILES string of the molecule is CCCCCCCCCCc1cc(C(=O)OCC)sc1-c1ccc(Br)s1. The lowest BCUT2D eigenvalue weighted by Crippen LogP contribution is -2.01. The van der Waals surface area contributed by atoms with E-state index in [4.69, 9.17) is 4.74 Å². The zero-order valence-corrected chi connectivity index (χ0v) is 19.0. The second kappa shape index (κ2) is 11.9. The second-order valence-corrected chi connectivity index (χ2v) is 10.0. The molecule has 0 fully saturated rings. The number of ether oxygens (including phenoxy) is 1. The van der Waals surface area contributed by atoms with Crippen LogP contribution in [0.2, 0.25) is 0 Å². The van der Waals surface area contributed by atoms with E-state index in [0.29, 0.717) is 6.61 Å². The summed E-state index contributed by atoms with van der Waals surface area (Å²) in [5.41, 5.74) is 1.29. The van der Waals surface area contributed by atoms with Gasteiger partial charge in [-0.25, -0.2) is 4.79 Å². The summed E-state index contributed by atoms with van der Waals surface area (Å²) in [7, 11) is 0. The molecule has 2 aromatic heterocycles. The number of hydrogen-bond acceptors (Lipinski definition) is 4. The standard InChI is InChI=1S/C21H29BrO2S2/c1-3-5-6-7-8-9-10-11-12-16-15-18(21(23)24-4-2)26-20(16)17-13-14-19(22)25-17/h13-15H,3-12H2,1-2H3. The third-order valence-corrected chi connectivity index (χ3v) is 7.34. The van der Waals surface area contributed by atoms with Crippen LogP contribution in [0.1, 0.15) is 80.4 Å². The molecule has 2 nitrogen and oxygen atoms in total. The summed E-state index contributed by atoms with van der Waals surface area (Å²) in [6.45, 7) is 4.53. The molecular weight excluding hydrogens is 428 g/mol. The zero-order chi connectivity index (χ0) is 18.8. The fourth-order valence-electron chi connectivity index (χ4n) is 3.01. The van der Waals surface area contributed by atoms with Gasteiger partial charge < -0.3 is 4.74 Å². The Kier molecular flexibility index (Phi) is 9.94. The minimum Gasteiger partial charge on any atom is -0.462 e. The molecule has 0 saturated carbocycles. The van der Waals surface area contributed by atoms with E-state index in [2.05, 4.69) is 35.0 Å². The van der Waals surface area contributed by atoms with Crippen LogP contribution >= 0.6 is 38.6 Å². The van der Waals surface area contributed by atoms with Crippen LogP contribution in [-0.2, 0) is 11.2 Å². The van der Waals surface area contributed by atoms with Crippen molar-refractivity contribution >= 4 is 44.6 Å². The Labute approximate surface area is 174 Å². The first kappa shape index (κ1) is 21.6. The van der Waals surface area contributed by atoms with Gasteiger partial charge in [0, 0.05) is 9.75 Å². The van der Waals surface area contributed by atoms with Gasteiger partial charge in [0.15, 0.2) is 0 Å². The minimum absolute atomic E-state index is 0.198.